The Morgan fingerprint density at radius 2 is 1.94 bits per heavy atom. The maximum absolute atomic E-state index is 12.9. The van der Waals surface area contributed by atoms with Gasteiger partial charge in [-0.1, -0.05) is 23.7 Å². The molecule has 3 aliphatic heterocycles. The number of aromatic nitrogens is 1. The Morgan fingerprint density at radius 1 is 1.24 bits per heavy atom. The number of hydrogen-bond donors (Lipinski definition) is 2. The monoisotopic (exact) mass is 496 g/mol. The molecule has 1 aliphatic carbocycles. The molecule has 1 saturated carbocycles. The van der Waals surface area contributed by atoms with E-state index < -0.39 is 16.3 Å². The SMILES string of the molecule is N#Cc1c(N2C3CCC2CC(c2ccc(Cl)cc2)C3)nc2c(c1NC1(CO)CCC1)[S@@](=O)CC2. The van der Waals surface area contributed by atoms with Crippen molar-refractivity contribution in [3.63, 3.8) is 0 Å². The molecular formula is C26H29ClN4O2S. The number of hydrogen-bond acceptors (Lipinski definition) is 6. The molecule has 1 aromatic heterocycles. The van der Waals surface area contributed by atoms with Crippen LogP contribution in [0.4, 0.5) is 11.5 Å². The van der Waals surface area contributed by atoms with Crippen LogP contribution in [0.3, 0.4) is 0 Å². The number of pyridine rings is 1. The molecule has 178 valence electrons. The number of nitrogens with zero attached hydrogens (tertiary/aromatic N) is 3. The highest BCUT2D eigenvalue weighted by Crippen LogP contribution is 2.48. The lowest BCUT2D eigenvalue weighted by molar-refractivity contribution is 0.144. The van der Waals surface area contributed by atoms with Gasteiger partial charge < -0.3 is 15.3 Å². The normalized spacial score (nSPS) is 28.8. The third kappa shape index (κ3) is 3.54. The van der Waals surface area contributed by atoms with E-state index >= 15 is 0 Å². The molecule has 3 fully saturated rings. The standard InChI is InChI=1S/C26H29ClN4O2S/c27-18-4-2-16(3-5-18)17-12-19-6-7-20(13-17)31(19)25-21(14-28)23(30-26(15-32)9-1-10-26)24-22(29-25)8-11-34(24)33/h2-5,17,19-20,32H,1,6-13,15H2,(H,29,30)/t17?,19?,20?,34-/m0/s1. The average molecular weight is 497 g/mol. The average Bonchev–Trinajstić information content (AvgIpc) is 3.31. The fourth-order valence-corrected chi connectivity index (χ4v) is 7.94. The number of fused-ring (bicyclic) bond motifs is 3. The first kappa shape index (κ1) is 22.3. The highest BCUT2D eigenvalue weighted by Gasteiger charge is 2.45. The number of aliphatic hydroxyl groups is 1. The van der Waals surface area contributed by atoms with Crippen LogP contribution in [0.5, 0.6) is 0 Å². The summed E-state index contributed by atoms with van der Waals surface area (Å²) in [4.78, 5) is 8.08. The van der Waals surface area contributed by atoms with Crippen LogP contribution >= 0.6 is 11.6 Å². The van der Waals surface area contributed by atoms with Crippen molar-refractivity contribution in [3.8, 4) is 6.07 Å². The van der Waals surface area contributed by atoms with Gasteiger partial charge in [0.05, 0.1) is 39.2 Å². The van der Waals surface area contributed by atoms with Gasteiger partial charge in [-0.3, -0.25) is 4.21 Å². The number of rotatable bonds is 5. The van der Waals surface area contributed by atoms with Crippen LogP contribution in [-0.2, 0) is 17.2 Å². The minimum Gasteiger partial charge on any atom is -0.394 e. The number of aryl methyl sites for hydroxylation is 1. The summed E-state index contributed by atoms with van der Waals surface area (Å²) in [5.74, 6) is 1.77. The molecule has 1 aromatic carbocycles. The highest BCUT2D eigenvalue weighted by molar-refractivity contribution is 7.85. The molecule has 0 radical (unpaired) electrons. The van der Waals surface area contributed by atoms with Gasteiger partial charge >= 0.3 is 0 Å². The van der Waals surface area contributed by atoms with Gasteiger partial charge in [0.15, 0.2) is 0 Å². The van der Waals surface area contributed by atoms with E-state index in [2.05, 4.69) is 28.4 Å². The maximum atomic E-state index is 12.9. The number of nitrogens with one attached hydrogen (secondary N) is 1. The molecule has 6 rings (SSSR count). The Balaban J connectivity index is 1.39. The van der Waals surface area contributed by atoms with Gasteiger partial charge in [0.2, 0.25) is 0 Å². The predicted molar refractivity (Wildman–Crippen MR) is 134 cm³/mol. The summed E-state index contributed by atoms with van der Waals surface area (Å²) in [5, 5.41) is 24.7. The summed E-state index contributed by atoms with van der Waals surface area (Å²) < 4.78 is 12.9. The molecular weight excluding hydrogens is 468 g/mol. The van der Waals surface area contributed by atoms with E-state index in [9.17, 15) is 14.6 Å². The first-order valence-corrected chi connectivity index (χ1v) is 14.0. The van der Waals surface area contributed by atoms with Gasteiger partial charge in [-0.15, -0.1) is 0 Å². The zero-order valence-corrected chi connectivity index (χ0v) is 20.7. The molecule has 4 aliphatic rings. The molecule has 34 heavy (non-hydrogen) atoms. The number of aliphatic hydroxyl groups excluding tert-OH is 1. The van der Waals surface area contributed by atoms with Crippen molar-refractivity contribution in [1.29, 1.82) is 5.26 Å². The van der Waals surface area contributed by atoms with Crippen LogP contribution in [-0.4, -0.2) is 44.3 Å². The lowest BCUT2D eigenvalue weighted by Gasteiger charge is -2.43. The second-order valence-electron chi connectivity index (χ2n) is 10.3. The predicted octanol–water partition coefficient (Wildman–Crippen LogP) is 4.51. The molecule has 2 saturated heterocycles. The van der Waals surface area contributed by atoms with Crippen LogP contribution in [0.1, 0.15) is 67.7 Å². The van der Waals surface area contributed by atoms with Crippen LogP contribution in [0.15, 0.2) is 29.2 Å². The van der Waals surface area contributed by atoms with Crippen LogP contribution in [0.2, 0.25) is 5.02 Å². The van der Waals surface area contributed by atoms with E-state index in [-0.39, 0.29) is 6.61 Å². The first-order valence-electron chi connectivity index (χ1n) is 12.3. The molecule has 2 unspecified atom stereocenters. The molecule has 2 N–H and O–H groups in total. The number of halogens is 1. The Kier molecular flexibility index (Phi) is 5.59. The molecule has 3 atom stereocenters. The lowest BCUT2D eigenvalue weighted by atomic mass is 9.77. The van der Waals surface area contributed by atoms with Gasteiger partial charge in [0.25, 0.3) is 0 Å². The van der Waals surface area contributed by atoms with Crippen molar-refractivity contribution in [2.45, 2.75) is 79.8 Å². The van der Waals surface area contributed by atoms with Gasteiger partial charge in [0.1, 0.15) is 17.5 Å². The van der Waals surface area contributed by atoms with E-state index in [4.69, 9.17) is 16.6 Å². The summed E-state index contributed by atoms with van der Waals surface area (Å²) in [6, 6.07) is 11.3. The quantitative estimate of drug-likeness (QED) is 0.633. The number of piperidine rings is 1. The molecule has 8 heteroatoms. The fourth-order valence-electron chi connectivity index (χ4n) is 6.44. The Morgan fingerprint density at radius 3 is 2.53 bits per heavy atom. The topological polar surface area (TPSA) is 89.2 Å². The second-order valence-corrected chi connectivity index (χ2v) is 12.2. The lowest BCUT2D eigenvalue weighted by Crippen LogP contribution is -2.49. The molecule has 2 aromatic rings. The molecule has 6 nitrogen and oxygen atoms in total. The minimum absolute atomic E-state index is 0.00860. The maximum Gasteiger partial charge on any atom is 0.149 e. The summed E-state index contributed by atoms with van der Waals surface area (Å²) in [6.07, 6.45) is 7.64. The van der Waals surface area contributed by atoms with Crippen LogP contribution in [0, 0.1) is 11.3 Å². The van der Waals surface area contributed by atoms with Crippen molar-refractivity contribution in [3.05, 3.63) is 46.1 Å². The van der Waals surface area contributed by atoms with Crippen LogP contribution < -0.4 is 10.2 Å². The molecule has 2 bridgehead atoms. The highest BCUT2D eigenvalue weighted by atomic mass is 35.5. The summed E-state index contributed by atoms with van der Waals surface area (Å²) >= 11 is 6.11. The smallest absolute Gasteiger partial charge is 0.149 e. The zero-order chi connectivity index (χ0) is 23.4. The number of nitriles is 1. The van der Waals surface area contributed by atoms with E-state index in [1.54, 1.807) is 0 Å². The van der Waals surface area contributed by atoms with Gasteiger partial charge in [-0.05, 0) is 68.6 Å². The molecule has 0 spiro atoms. The minimum atomic E-state index is -1.17. The Labute approximate surface area is 207 Å². The number of benzene rings is 1. The second kappa shape index (κ2) is 8.51. The Hall–Kier alpha value is -2.14. The first-order chi connectivity index (χ1) is 16.5. The Bertz CT molecular complexity index is 1170. The van der Waals surface area contributed by atoms with Crippen LogP contribution in [0.25, 0.3) is 0 Å². The van der Waals surface area contributed by atoms with Crippen molar-refractivity contribution in [1.82, 2.24) is 4.98 Å². The van der Waals surface area contributed by atoms with Crippen molar-refractivity contribution in [2.75, 3.05) is 22.6 Å². The van der Waals surface area contributed by atoms with E-state index in [1.807, 2.05) is 12.1 Å². The van der Waals surface area contributed by atoms with Crippen molar-refractivity contribution < 1.29 is 9.32 Å². The van der Waals surface area contributed by atoms with Crippen molar-refractivity contribution >= 4 is 33.9 Å². The van der Waals surface area contributed by atoms with E-state index in [0.29, 0.717) is 46.3 Å². The largest absolute Gasteiger partial charge is 0.394 e. The molecule has 4 heterocycles. The van der Waals surface area contributed by atoms with Gasteiger partial charge in [-0.2, -0.15) is 5.26 Å². The van der Waals surface area contributed by atoms with Gasteiger partial charge in [-0.25, -0.2) is 4.98 Å². The van der Waals surface area contributed by atoms with E-state index in [0.717, 1.165) is 61.5 Å². The summed E-state index contributed by atoms with van der Waals surface area (Å²) in [6.45, 7) is 0.00860. The summed E-state index contributed by atoms with van der Waals surface area (Å²) in [7, 11) is -1.17. The summed E-state index contributed by atoms with van der Waals surface area (Å²) in [5.41, 5.74) is 2.91. The number of anilines is 2. The van der Waals surface area contributed by atoms with Gasteiger partial charge in [0, 0.05) is 29.3 Å². The van der Waals surface area contributed by atoms with Crippen molar-refractivity contribution in [2.24, 2.45) is 0 Å². The third-order valence-electron chi connectivity index (χ3n) is 8.39. The fraction of sp³-hybridized carbons (Fsp3) is 0.538. The zero-order valence-electron chi connectivity index (χ0n) is 19.1. The molecule has 0 amide bonds. The van der Waals surface area contributed by atoms with E-state index in [1.165, 1.54) is 5.56 Å². The third-order valence-corrected chi connectivity index (χ3v) is 10.1.